The van der Waals surface area contributed by atoms with Gasteiger partial charge in [0.25, 0.3) is 0 Å². The highest BCUT2D eigenvalue weighted by atomic mass is 32.2. The molecular formula is C7H14N2S. The van der Waals surface area contributed by atoms with Gasteiger partial charge in [-0.15, -0.1) is 0 Å². The average molecular weight is 158 g/mol. The fraction of sp³-hybridized carbons (Fsp3) is 1.00. The van der Waals surface area contributed by atoms with Crippen LogP contribution in [0.4, 0.5) is 0 Å². The zero-order valence-electron chi connectivity index (χ0n) is 6.15. The van der Waals surface area contributed by atoms with Crippen molar-refractivity contribution < 1.29 is 0 Å². The van der Waals surface area contributed by atoms with Crippen molar-refractivity contribution >= 4 is 11.8 Å². The molecule has 2 rings (SSSR count). The third-order valence-electron chi connectivity index (χ3n) is 2.30. The van der Waals surface area contributed by atoms with E-state index >= 15 is 0 Å². The lowest BCUT2D eigenvalue weighted by molar-refractivity contribution is 0.351. The molecule has 2 nitrogen and oxygen atoms in total. The summed E-state index contributed by atoms with van der Waals surface area (Å²) >= 11 is 2.07. The first-order chi connectivity index (χ1) is 4.91. The lowest BCUT2D eigenvalue weighted by atomic mass is 9.92. The van der Waals surface area contributed by atoms with E-state index in [9.17, 15) is 0 Å². The minimum atomic E-state index is 0.626. The fourth-order valence-electron chi connectivity index (χ4n) is 1.54. The van der Waals surface area contributed by atoms with Crippen molar-refractivity contribution in [2.75, 3.05) is 37.7 Å². The van der Waals surface area contributed by atoms with Gasteiger partial charge in [0, 0.05) is 43.1 Å². The van der Waals surface area contributed by atoms with Gasteiger partial charge < -0.3 is 10.6 Å². The van der Waals surface area contributed by atoms with Crippen LogP contribution >= 0.6 is 11.8 Å². The molecular weight excluding hydrogens is 144 g/mol. The Morgan fingerprint density at radius 2 is 1.60 bits per heavy atom. The summed E-state index contributed by atoms with van der Waals surface area (Å²) in [5.41, 5.74) is 0.626. The molecule has 58 valence electrons. The lowest BCUT2D eigenvalue weighted by Crippen LogP contribution is -2.48. The molecule has 0 amide bonds. The van der Waals surface area contributed by atoms with Crippen molar-refractivity contribution in [1.82, 2.24) is 10.6 Å². The molecule has 3 heteroatoms. The van der Waals surface area contributed by atoms with E-state index in [4.69, 9.17) is 0 Å². The van der Waals surface area contributed by atoms with Crippen molar-refractivity contribution in [2.45, 2.75) is 0 Å². The van der Waals surface area contributed by atoms with E-state index in [0.717, 1.165) is 13.1 Å². The highest BCUT2D eigenvalue weighted by molar-refractivity contribution is 8.00. The normalized spacial score (nSPS) is 31.2. The van der Waals surface area contributed by atoms with Crippen LogP contribution in [-0.4, -0.2) is 37.7 Å². The maximum atomic E-state index is 3.46. The monoisotopic (exact) mass is 158 g/mol. The predicted molar refractivity (Wildman–Crippen MR) is 45.5 cm³/mol. The predicted octanol–water partition coefficient (Wildman–Crippen LogP) is -0.0876. The van der Waals surface area contributed by atoms with E-state index in [1.165, 1.54) is 24.6 Å². The van der Waals surface area contributed by atoms with Gasteiger partial charge in [-0.1, -0.05) is 0 Å². The molecule has 0 aliphatic carbocycles. The Morgan fingerprint density at radius 1 is 1.00 bits per heavy atom. The summed E-state index contributed by atoms with van der Waals surface area (Å²) in [4.78, 5) is 0. The Bertz CT molecular complexity index is 113. The number of rotatable bonds is 0. The first kappa shape index (κ1) is 6.95. The number of hydrogen-bond donors (Lipinski definition) is 2. The SMILES string of the molecule is C1CNCC2(CN1)CSC2. The molecule has 2 N–H and O–H groups in total. The van der Waals surface area contributed by atoms with Crippen LogP contribution in [0.15, 0.2) is 0 Å². The second-order valence-electron chi connectivity index (χ2n) is 3.35. The van der Waals surface area contributed by atoms with Crippen molar-refractivity contribution in [1.29, 1.82) is 0 Å². The molecule has 2 aliphatic rings. The van der Waals surface area contributed by atoms with E-state index in [1.54, 1.807) is 0 Å². The van der Waals surface area contributed by atoms with E-state index < -0.39 is 0 Å². The largest absolute Gasteiger partial charge is 0.315 e. The van der Waals surface area contributed by atoms with Gasteiger partial charge in [0.1, 0.15) is 0 Å². The van der Waals surface area contributed by atoms with E-state index in [2.05, 4.69) is 22.4 Å². The molecule has 0 aromatic rings. The van der Waals surface area contributed by atoms with Crippen LogP contribution < -0.4 is 10.6 Å². The number of nitrogens with one attached hydrogen (secondary N) is 2. The molecule has 0 radical (unpaired) electrons. The molecule has 0 aromatic carbocycles. The quantitative estimate of drug-likeness (QED) is 0.515. The summed E-state index contributed by atoms with van der Waals surface area (Å²) in [7, 11) is 0. The molecule has 0 saturated carbocycles. The molecule has 0 bridgehead atoms. The topological polar surface area (TPSA) is 24.1 Å². The van der Waals surface area contributed by atoms with Crippen LogP contribution in [0.2, 0.25) is 0 Å². The van der Waals surface area contributed by atoms with Gasteiger partial charge in [0.05, 0.1) is 0 Å². The van der Waals surface area contributed by atoms with Gasteiger partial charge in [-0.2, -0.15) is 11.8 Å². The molecule has 1 spiro atoms. The first-order valence-electron chi connectivity index (χ1n) is 3.91. The Morgan fingerprint density at radius 3 is 2.00 bits per heavy atom. The van der Waals surface area contributed by atoms with Crippen LogP contribution in [0.1, 0.15) is 0 Å². The Balaban J connectivity index is 1.92. The molecule has 2 aliphatic heterocycles. The molecule has 2 saturated heterocycles. The summed E-state index contributed by atoms with van der Waals surface area (Å²) in [6.07, 6.45) is 0. The Kier molecular flexibility index (Phi) is 1.89. The number of hydrogen-bond acceptors (Lipinski definition) is 3. The summed E-state index contributed by atoms with van der Waals surface area (Å²) in [5.74, 6) is 2.71. The van der Waals surface area contributed by atoms with Crippen LogP contribution in [0.3, 0.4) is 0 Å². The van der Waals surface area contributed by atoms with Crippen molar-refractivity contribution in [2.24, 2.45) is 5.41 Å². The molecule has 0 unspecified atom stereocenters. The second-order valence-corrected chi connectivity index (χ2v) is 4.33. The van der Waals surface area contributed by atoms with Crippen molar-refractivity contribution in [3.8, 4) is 0 Å². The van der Waals surface area contributed by atoms with E-state index in [-0.39, 0.29) is 0 Å². The van der Waals surface area contributed by atoms with Crippen LogP contribution in [0, 0.1) is 5.41 Å². The first-order valence-corrected chi connectivity index (χ1v) is 5.06. The summed E-state index contributed by atoms with van der Waals surface area (Å²) in [6, 6.07) is 0. The molecule has 2 fully saturated rings. The van der Waals surface area contributed by atoms with Crippen molar-refractivity contribution in [3.63, 3.8) is 0 Å². The second kappa shape index (κ2) is 2.72. The van der Waals surface area contributed by atoms with E-state index in [0.29, 0.717) is 5.41 Å². The maximum Gasteiger partial charge on any atom is 0.0133 e. The zero-order chi connectivity index (χ0) is 6.86. The van der Waals surface area contributed by atoms with Crippen LogP contribution in [0.25, 0.3) is 0 Å². The van der Waals surface area contributed by atoms with Crippen LogP contribution in [0.5, 0.6) is 0 Å². The zero-order valence-corrected chi connectivity index (χ0v) is 6.97. The fourth-order valence-corrected chi connectivity index (χ4v) is 2.73. The van der Waals surface area contributed by atoms with Gasteiger partial charge in [0.15, 0.2) is 0 Å². The van der Waals surface area contributed by atoms with Crippen molar-refractivity contribution in [3.05, 3.63) is 0 Å². The van der Waals surface area contributed by atoms with Crippen LogP contribution in [-0.2, 0) is 0 Å². The minimum absolute atomic E-state index is 0.626. The summed E-state index contributed by atoms with van der Waals surface area (Å²) in [6.45, 7) is 4.75. The Hall–Kier alpha value is 0.270. The third kappa shape index (κ3) is 1.18. The van der Waals surface area contributed by atoms with Gasteiger partial charge in [0.2, 0.25) is 0 Å². The molecule has 2 heterocycles. The minimum Gasteiger partial charge on any atom is -0.315 e. The summed E-state index contributed by atoms with van der Waals surface area (Å²) in [5, 5.41) is 6.93. The third-order valence-corrected chi connectivity index (χ3v) is 3.93. The van der Waals surface area contributed by atoms with E-state index in [1.807, 2.05) is 0 Å². The van der Waals surface area contributed by atoms with Gasteiger partial charge in [-0.05, 0) is 0 Å². The smallest absolute Gasteiger partial charge is 0.0133 e. The maximum absolute atomic E-state index is 3.46. The molecule has 0 aromatic heterocycles. The average Bonchev–Trinajstić information content (AvgIpc) is 2.08. The lowest BCUT2D eigenvalue weighted by Gasteiger charge is -2.40. The standard InChI is InChI=1S/C7H14N2S/c1-2-9-4-7(3-8-1)5-10-6-7/h8-9H,1-6H2. The molecule has 0 atom stereocenters. The number of thioether (sulfide) groups is 1. The molecule has 10 heavy (non-hydrogen) atoms. The summed E-state index contributed by atoms with van der Waals surface area (Å²) < 4.78 is 0. The van der Waals surface area contributed by atoms with Gasteiger partial charge in [-0.3, -0.25) is 0 Å². The Labute approximate surface area is 66.1 Å². The van der Waals surface area contributed by atoms with Gasteiger partial charge in [-0.25, -0.2) is 0 Å². The highest BCUT2D eigenvalue weighted by Gasteiger charge is 2.37. The highest BCUT2D eigenvalue weighted by Crippen LogP contribution is 2.36. The van der Waals surface area contributed by atoms with Gasteiger partial charge >= 0.3 is 0 Å².